The van der Waals surface area contributed by atoms with Crippen LogP contribution < -0.4 is 10.6 Å². The van der Waals surface area contributed by atoms with Gasteiger partial charge in [-0.15, -0.1) is 5.10 Å². The fourth-order valence-corrected chi connectivity index (χ4v) is 15.2. The van der Waals surface area contributed by atoms with E-state index in [1.807, 2.05) is 62.3 Å². The van der Waals surface area contributed by atoms with Gasteiger partial charge in [0, 0.05) is 109 Å². The number of hydrogen-bond donors (Lipinski definition) is 2. The summed E-state index contributed by atoms with van der Waals surface area (Å²) in [6, 6.07) is -6.94. The number of unbranched alkanes of at least 4 members (excludes halogenated alkanes) is 2. The van der Waals surface area contributed by atoms with Crippen molar-refractivity contribution in [1.82, 2.24) is 55.5 Å². The monoisotopic (exact) mass is 1470 g/mol. The molecule has 26 nitrogen and oxygen atoms in total. The Bertz CT molecular complexity index is 3080. The molecule has 2 saturated heterocycles. The van der Waals surface area contributed by atoms with E-state index in [4.69, 9.17) is 9.57 Å². The van der Waals surface area contributed by atoms with Crippen LogP contribution in [0.4, 0.5) is 0 Å². The number of thioether (sulfide) groups is 1. The number of tetrazole rings is 1. The molecule has 1 aromatic rings. The Morgan fingerprint density at radius 2 is 1.20 bits per heavy atom. The standard InChI is InChI=1S/C76H129N11O15S/c1-26-56-61(90)35-49(15)59(88)40-55(76(18,19)41-82(20)72(98)54(46(10)11)39-64(93)101-25)60(89)38-53(45(8)9)73(99)84(22)57(33-43(4)5)62(91)36-50(16)68(94)77-51(17)70(96)83(21)58(34-44(6)7)63(92)37-52(32-42(2)3)71(97)85(23)65(47(12)13)74(100)87-66(69(95)78-56)67(102-87)48(14)30-28-27-29-31-103-75-79-80-81-86(75)24/h42-58,65-67H,26-41H2,1-25H3,(H,77,94)(H,78,95)/t48-,49+,50-,51-,52-,53+,54+,55-,56+,57+,58+,65+,66+,67?/m1/s1. The molecule has 3 heterocycles. The zero-order valence-electron chi connectivity index (χ0n) is 66.9. The van der Waals surface area contributed by atoms with Gasteiger partial charge in [-0.3, -0.25) is 67.2 Å². The molecular formula is C76H129N11O15S. The summed E-state index contributed by atoms with van der Waals surface area (Å²) in [4.78, 5) is 203. The van der Waals surface area contributed by atoms with E-state index in [9.17, 15) is 38.4 Å². The van der Waals surface area contributed by atoms with Crippen LogP contribution in [0.1, 0.15) is 221 Å². The minimum Gasteiger partial charge on any atom is -0.469 e. The molecule has 27 heteroatoms. The number of nitrogens with zero attached hydrogens (tertiary/aromatic N) is 9. The Balaban J connectivity index is 2.30. The predicted octanol–water partition coefficient (Wildman–Crippen LogP) is 8.59. The molecule has 1 aromatic heterocycles. The third-order valence-electron chi connectivity index (χ3n) is 20.8. The number of hydroxylamine groups is 2. The van der Waals surface area contributed by atoms with Gasteiger partial charge in [-0.05, 0) is 103 Å². The third-order valence-corrected chi connectivity index (χ3v) is 21.9. The molecular weight excluding hydrogens is 1340 g/mol. The molecule has 0 bridgehead atoms. The van der Waals surface area contributed by atoms with E-state index in [0.29, 0.717) is 11.6 Å². The zero-order chi connectivity index (χ0) is 78.6. The van der Waals surface area contributed by atoms with Crippen LogP contribution >= 0.6 is 11.8 Å². The van der Waals surface area contributed by atoms with Crippen molar-refractivity contribution in [3.8, 4) is 0 Å². The first-order chi connectivity index (χ1) is 47.8. The van der Waals surface area contributed by atoms with Crippen molar-refractivity contribution in [1.29, 1.82) is 0 Å². The number of amides is 7. The summed E-state index contributed by atoms with van der Waals surface area (Å²) >= 11 is 1.53. The van der Waals surface area contributed by atoms with Crippen molar-refractivity contribution in [3.05, 3.63) is 0 Å². The molecule has 0 radical (unpaired) electrons. The van der Waals surface area contributed by atoms with E-state index in [-0.39, 0.29) is 99.8 Å². The Kier molecular flexibility index (Phi) is 36.5. The van der Waals surface area contributed by atoms with Crippen molar-refractivity contribution < 1.29 is 71.9 Å². The Morgan fingerprint density at radius 1 is 0.641 bits per heavy atom. The van der Waals surface area contributed by atoms with E-state index in [1.165, 1.54) is 66.5 Å². The second-order valence-electron chi connectivity index (χ2n) is 32.7. The summed E-state index contributed by atoms with van der Waals surface area (Å²) in [5, 5.41) is 19.0. The number of methoxy groups -OCH3 is 1. The molecule has 7 amide bonds. The lowest BCUT2D eigenvalue weighted by Crippen LogP contribution is -2.71. The molecule has 14 atom stereocenters. The summed E-state index contributed by atoms with van der Waals surface area (Å²) < 4.78 is 6.53. The number of aromatic nitrogens is 4. The molecule has 0 aliphatic carbocycles. The van der Waals surface area contributed by atoms with Crippen LogP contribution in [0.2, 0.25) is 0 Å². The fraction of sp³-hybridized carbons (Fsp3) is 0.816. The fourth-order valence-electron chi connectivity index (χ4n) is 14.4. The van der Waals surface area contributed by atoms with Gasteiger partial charge in [-0.2, -0.15) is 0 Å². The minimum absolute atomic E-state index is 0.0782. The van der Waals surface area contributed by atoms with Gasteiger partial charge in [-0.1, -0.05) is 149 Å². The largest absolute Gasteiger partial charge is 0.469 e. The lowest BCUT2D eigenvalue weighted by molar-refractivity contribution is -0.322. The first-order valence-corrected chi connectivity index (χ1v) is 38.5. The highest BCUT2D eigenvalue weighted by Crippen LogP contribution is 2.39. The van der Waals surface area contributed by atoms with Crippen molar-refractivity contribution in [3.63, 3.8) is 0 Å². The summed E-state index contributed by atoms with van der Waals surface area (Å²) in [7, 11) is 9.02. The van der Waals surface area contributed by atoms with Crippen molar-refractivity contribution >= 4 is 88.0 Å². The zero-order valence-corrected chi connectivity index (χ0v) is 67.7. The molecule has 2 N–H and O–H groups in total. The average molecular weight is 1470 g/mol. The lowest BCUT2D eigenvalue weighted by Gasteiger charge is -2.50. The van der Waals surface area contributed by atoms with E-state index in [2.05, 4.69) is 26.2 Å². The molecule has 3 rings (SSSR count). The maximum atomic E-state index is 15.4. The molecule has 0 aromatic carbocycles. The van der Waals surface area contributed by atoms with Gasteiger partial charge in [-0.25, -0.2) is 9.75 Å². The van der Waals surface area contributed by atoms with Crippen LogP contribution in [-0.4, -0.2) is 211 Å². The van der Waals surface area contributed by atoms with Crippen LogP contribution in [-0.2, 0) is 79.0 Å². The number of nitrogens with one attached hydrogen (secondary N) is 2. The number of aryl methyl sites for hydroxylation is 1. The quantitative estimate of drug-likeness (QED) is 0.0555. The Labute approximate surface area is 618 Å². The van der Waals surface area contributed by atoms with Gasteiger partial charge in [0.2, 0.25) is 40.6 Å². The molecule has 2 aliphatic rings. The summed E-state index contributed by atoms with van der Waals surface area (Å²) in [5.74, 6) is -14.1. The predicted molar refractivity (Wildman–Crippen MR) is 393 cm³/mol. The van der Waals surface area contributed by atoms with Gasteiger partial charge in [0.15, 0.2) is 23.4 Å². The van der Waals surface area contributed by atoms with Crippen LogP contribution in [0.5, 0.6) is 0 Å². The van der Waals surface area contributed by atoms with Crippen LogP contribution in [0, 0.1) is 82.3 Å². The summed E-state index contributed by atoms with van der Waals surface area (Å²) in [6.45, 7) is 33.7. The number of rotatable bonds is 24. The summed E-state index contributed by atoms with van der Waals surface area (Å²) in [5.41, 5.74) is -1.19. The van der Waals surface area contributed by atoms with E-state index >= 15 is 24.0 Å². The Hall–Kier alpha value is -6.51. The molecule has 584 valence electrons. The Morgan fingerprint density at radius 3 is 1.72 bits per heavy atom. The molecule has 2 fully saturated rings. The minimum atomic E-state index is -1.28. The highest BCUT2D eigenvalue weighted by Gasteiger charge is 2.54. The van der Waals surface area contributed by atoms with Crippen LogP contribution in [0.25, 0.3) is 0 Å². The molecule has 103 heavy (non-hydrogen) atoms. The van der Waals surface area contributed by atoms with Gasteiger partial charge in [0.1, 0.15) is 29.8 Å². The maximum absolute atomic E-state index is 15.4. The number of hydrogen-bond acceptors (Lipinski definition) is 19. The number of carbonyl (C=O) groups excluding carboxylic acids is 13. The molecule has 0 spiro atoms. The van der Waals surface area contributed by atoms with Gasteiger partial charge in [0.05, 0.1) is 37.6 Å². The SMILES string of the molecule is CC[C@@H]1NC(=O)[C@@H]2C([C@H](C)CCCCCSc3nnnn3C)ON2C(=O)[C@H](C(C)C)N(C)C(=O)[C@H](CC(C)C)CC(=O)[C@H](CC(C)C)N(C)C(=O)[C@@H](C)NC(=O)[C@H](C)CC(=O)[C@H](CC(C)C)N(C)C(=O)[C@H](C(C)C)CC(=O)[C@H](C(C)(C)CN(C)C(=O)[C@@H](CC(=O)OC)C(C)C)CC(=O)[C@@H](C)CC1=O. The van der Waals surface area contributed by atoms with Gasteiger partial charge in [0.25, 0.3) is 5.91 Å². The van der Waals surface area contributed by atoms with Crippen molar-refractivity contribution in [2.45, 2.75) is 269 Å². The van der Waals surface area contributed by atoms with E-state index < -0.39 is 172 Å². The summed E-state index contributed by atoms with van der Waals surface area (Å²) in [6.07, 6.45) is 0.870. The number of carbonyl (C=O) groups is 13. The first kappa shape index (κ1) is 90.7. The van der Waals surface area contributed by atoms with Crippen molar-refractivity contribution in [2.75, 3.05) is 47.6 Å². The first-order valence-electron chi connectivity index (χ1n) is 37.6. The van der Waals surface area contributed by atoms with Gasteiger partial charge >= 0.3 is 5.97 Å². The average Bonchev–Trinajstić information content (AvgIpc) is 0.976. The number of Topliss-reactive ketones (excluding diaryl/α,β-unsaturated/α-hetero) is 5. The number of ether oxygens (including phenoxy) is 1. The second kappa shape index (κ2) is 41.4. The highest BCUT2D eigenvalue weighted by molar-refractivity contribution is 7.99. The highest BCUT2D eigenvalue weighted by atomic mass is 32.2. The molecule has 0 saturated carbocycles. The number of ketones is 5. The van der Waals surface area contributed by atoms with Crippen LogP contribution in [0.3, 0.4) is 0 Å². The molecule has 2 aliphatic heterocycles. The molecule has 1 unspecified atom stereocenters. The van der Waals surface area contributed by atoms with E-state index in [0.717, 1.165) is 30.1 Å². The maximum Gasteiger partial charge on any atom is 0.306 e. The number of likely N-dealkylation sites (N-methyl/N-ethyl adjacent to an activating group) is 3. The third kappa shape index (κ3) is 25.9. The smallest absolute Gasteiger partial charge is 0.306 e. The normalized spacial score (nSPS) is 26.2. The second-order valence-corrected chi connectivity index (χ2v) is 33.7. The topological polar surface area (TPSA) is 324 Å². The van der Waals surface area contributed by atoms with E-state index in [1.54, 1.807) is 81.1 Å². The number of esters is 1. The van der Waals surface area contributed by atoms with Crippen molar-refractivity contribution in [2.24, 2.45) is 89.4 Å². The van der Waals surface area contributed by atoms with Gasteiger partial charge < -0.3 is 35.0 Å². The number of fused-ring (bicyclic) bond motifs is 1. The lowest BCUT2D eigenvalue weighted by atomic mass is 9.70. The van der Waals surface area contributed by atoms with Crippen LogP contribution in [0.15, 0.2) is 5.16 Å².